The van der Waals surface area contributed by atoms with Gasteiger partial charge in [0.15, 0.2) is 0 Å². The summed E-state index contributed by atoms with van der Waals surface area (Å²) in [5.41, 5.74) is 0. The lowest BCUT2D eigenvalue weighted by Crippen LogP contribution is -2.53. The predicted molar refractivity (Wildman–Crippen MR) is 96.5 cm³/mol. The number of piperazine rings is 1. The summed E-state index contributed by atoms with van der Waals surface area (Å²) in [6, 6.07) is -0.780. The van der Waals surface area contributed by atoms with Crippen LogP contribution in [0.3, 0.4) is 0 Å². The van der Waals surface area contributed by atoms with Crippen LogP contribution in [-0.4, -0.2) is 78.8 Å². The van der Waals surface area contributed by atoms with Crippen LogP contribution in [0.2, 0.25) is 0 Å². The first-order valence-corrected chi connectivity index (χ1v) is 9.24. The highest BCUT2D eigenvalue weighted by Gasteiger charge is 2.37. The van der Waals surface area contributed by atoms with Gasteiger partial charge in [0, 0.05) is 32.2 Å². The molecule has 3 unspecified atom stereocenters. The van der Waals surface area contributed by atoms with Crippen LogP contribution in [-0.2, 0) is 14.4 Å². The molecule has 0 aromatic heterocycles. The Morgan fingerprint density at radius 1 is 1.30 bits per heavy atom. The maximum atomic E-state index is 14.3. The van der Waals surface area contributed by atoms with Crippen LogP contribution < -0.4 is 16.0 Å². The molecular formula is C18H27FN4O4. The van der Waals surface area contributed by atoms with Crippen molar-refractivity contribution >= 4 is 17.8 Å². The topological polar surface area (TPSA) is 111 Å². The first-order chi connectivity index (χ1) is 12.9. The number of hydrogen-bond donors (Lipinski definition) is 4. The number of rotatable bonds is 7. The van der Waals surface area contributed by atoms with Gasteiger partial charge in [-0.2, -0.15) is 0 Å². The van der Waals surface area contributed by atoms with Crippen molar-refractivity contribution in [2.75, 3.05) is 32.7 Å². The molecule has 2 fully saturated rings. The van der Waals surface area contributed by atoms with Gasteiger partial charge in [-0.05, 0) is 19.3 Å². The molecular weight excluding hydrogens is 355 g/mol. The molecule has 8 nitrogen and oxygen atoms in total. The van der Waals surface area contributed by atoms with Crippen molar-refractivity contribution in [3.05, 3.63) is 0 Å². The third-order valence-corrected chi connectivity index (χ3v) is 5.08. The normalized spacial score (nSPS) is 27.2. The molecule has 27 heavy (non-hydrogen) atoms. The van der Waals surface area contributed by atoms with Crippen LogP contribution in [0.25, 0.3) is 0 Å². The second kappa shape index (κ2) is 10.2. The van der Waals surface area contributed by atoms with Crippen molar-refractivity contribution in [1.82, 2.24) is 20.9 Å². The predicted octanol–water partition coefficient (Wildman–Crippen LogP) is -0.893. The molecule has 1 aliphatic heterocycles. The number of carbonyl (C=O) groups is 3. The zero-order valence-corrected chi connectivity index (χ0v) is 15.2. The van der Waals surface area contributed by atoms with Crippen LogP contribution in [0, 0.1) is 18.3 Å². The van der Waals surface area contributed by atoms with Gasteiger partial charge in [0.25, 0.3) is 0 Å². The van der Waals surface area contributed by atoms with Crippen molar-refractivity contribution in [3.8, 4) is 12.3 Å². The van der Waals surface area contributed by atoms with Gasteiger partial charge in [-0.1, -0.05) is 5.92 Å². The zero-order valence-electron chi connectivity index (χ0n) is 15.2. The Morgan fingerprint density at radius 3 is 2.63 bits per heavy atom. The highest BCUT2D eigenvalue weighted by Crippen LogP contribution is 2.30. The first kappa shape index (κ1) is 21.1. The highest BCUT2D eigenvalue weighted by molar-refractivity contribution is 5.86. The molecule has 4 N–H and O–H groups in total. The Balaban J connectivity index is 1.81. The number of carbonyl (C=O) groups excluding carboxylic acids is 2. The molecule has 150 valence electrons. The minimum Gasteiger partial charge on any atom is -0.481 e. The third-order valence-electron chi connectivity index (χ3n) is 5.08. The van der Waals surface area contributed by atoms with Crippen molar-refractivity contribution < 1.29 is 23.9 Å². The van der Waals surface area contributed by atoms with Crippen LogP contribution in [0.15, 0.2) is 0 Å². The Kier molecular flexibility index (Phi) is 8.00. The summed E-state index contributed by atoms with van der Waals surface area (Å²) in [7, 11) is 0. The minimum atomic E-state index is -1.22. The second-order valence-electron chi connectivity index (χ2n) is 6.98. The molecule has 9 heteroatoms. The zero-order chi connectivity index (χ0) is 19.8. The number of nitrogens with one attached hydrogen (secondary N) is 3. The van der Waals surface area contributed by atoms with Gasteiger partial charge in [-0.25, -0.2) is 4.39 Å². The van der Waals surface area contributed by atoms with Crippen molar-refractivity contribution in [2.45, 2.75) is 43.9 Å². The molecule has 2 aliphatic rings. The molecule has 0 aromatic rings. The number of aliphatic carboxylic acids is 1. The van der Waals surface area contributed by atoms with Crippen LogP contribution >= 0.6 is 0 Å². The number of terminal acetylenes is 1. The maximum Gasteiger partial charge on any atom is 0.306 e. The lowest BCUT2D eigenvalue weighted by atomic mass is 9.82. The van der Waals surface area contributed by atoms with Gasteiger partial charge < -0.3 is 21.1 Å². The molecule has 2 amide bonds. The Labute approximate surface area is 158 Å². The van der Waals surface area contributed by atoms with E-state index in [9.17, 15) is 18.8 Å². The summed E-state index contributed by atoms with van der Waals surface area (Å²) in [5.74, 6) is -0.843. The number of carboxylic acids is 1. The Hall–Kier alpha value is -2.18. The smallest absolute Gasteiger partial charge is 0.306 e. The monoisotopic (exact) mass is 382 g/mol. The van der Waals surface area contributed by atoms with Crippen LogP contribution in [0.5, 0.6) is 0 Å². The highest BCUT2D eigenvalue weighted by atomic mass is 19.1. The molecule has 1 saturated heterocycles. The number of carboxylic acid groups (broad SMARTS) is 1. The molecule has 1 aliphatic carbocycles. The van der Waals surface area contributed by atoms with Gasteiger partial charge in [0.2, 0.25) is 11.8 Å². The van der Waals surface area contributed by atoms with Gasteiger partial charge >= 0.3 is 5.97 Å². The average Bonchev–Trinajstić information content (AvgIpc) is 2.66. The second-order valence-corrected chi connectivity index (χ2v) is 6.98. The minimum absolute atomic E-state index is 0.171. The van der Waals surface area contributed by atoms with E-state index >= 15 is 0 Å². The summed E-state index contributed by atoms with van der Waals surface area (Å²) >= 11 is 0. The molecule has 0 aromatic carbocycles. The van der Waals surface area contributed by atoms with Gasteiger partial charge in [0.1, 0.15) is 12.2 Å². The van der Waals surface area contributed by atoms with Crippen molar-refractivity contribution in [1.29, 1.82) is 0 Å². The van der Waals surface area contributed by atoms with E-state index in [-0.39, 0.29) is 12.6 Å². The number of halogens is 1. The van der Waals surface area contributed by atoms with E-state index in [1.165, 1.54) is 0 Å². The number of amides is 2. The summed E-state index contributed by atoms with van der Waals surface area (Å²) in [4.78, 5) is 37.2. The third kappa shape index (κ3) is 6.48. The molecule has 0 bridgehead atoms. The summed E-state index contributed by atoms with van der Waals surface area (Å²) in [6.45, 7) is 3.18. The summed E-state index contributed by atoms with van der Waals surface area (Å²) < 4.78 is 14.3. The first-order valence-electron chi connectivity index (χ1n) is 9.24. The van der Waals surface area contributed by atoms with E-state index in [0.717, 1.165) is 32.6 Å². The average molecular weight is 382 g/mol. The van der Waals surface area contributed by atoms with E-state index in [2.05, 4.69) is 26.8 Å². The van der Waals surface area contributed by atoms with E-state index in [4.69, 9.17) is 11.5 Å². The number of nitrogens with zero attached hydrogens (tertiary/aromatic N) is 1. The molecule has 2 rings (SSSR count). The SMILES string of the molecule is C#C[C@H](CC(=O)O)NC(=O)CNC(=O)C1CC(N2CCNCC2)CCC1F. The van der Waals surface area contributed by atoms with E-state index in [1.54, 1.807) is 0 Å². The van der Waals surface area contributed by atoms with E-state index < -0.39 is 42.3 Å². The fourth-order valence-electron chi connectivity index (χ4n) is 3.63. The molecule has 4 atom stereocenters. The summed E-state index contributed by atoms with van der Waals surface area (Å²) in [6.07, 6.45) is 5.03. The fraction of sp³-hybridized carbons (Fsp3) is 0.722. The van der Waals surface area contributed by atoms with Gasteiger partial charge in [0.05, 0.1) is 18.9 Å². The van der Waals surface area contributed by atoms with Crippen LogP contribution in [0.1, 0.15) is 25.7 Å². The van der Waals surface area contributed by atoms with E-state index in [0.29, 0.717) is 12.8 Å². The Morgan fingerprint density at radius 2 is 2.00 bits per heavy atom. The van der Waals surface area contributed by atoms with Crippen molar-refractivity contribution in [2.24, 2.45) is 5.92 Å². The fourth-order valence-corrected chi connectivity index (χ4v) is 3.63. The largest absolute Gasteiger partial charge is 0.481 e. The molecule has 0 radical (unpaired) electrons. The van der Waals surface area contributed by atoms with Gasteiger partial charge in [-0.15, -0.1) is 6.42 Å². The maximum absolute atomic E-state index is 14.3. The number of hydrogen-bond acceptors (Lipinski definition) is 5. The molecule has 1 saturated carbocycles. The molecule has 1 heterocycles. The van der Waals surface area contributed by atoms with Crippen LogP contribution in [0.4, 0.5) is 4.39 Å². The summed E-state index contributed by atoms with van der Waals surface area (Å²) in [5, 5.41) is 16.8. The van der Waals surface area contributed by atoms with E-state index in [1.807, 2.05) is 0 Å². The quantitative estimate of drug-likeness (QED) is 0.425. The standard InChI is InChI=1S/C18H27FN4O4/c1-2-12(9-17(25)26)22-16(24)11-21-18(27)14-10-13(3-4-15(14)19)23-7-5-20-6-8-23/h1,12-15,20H,3-11H2,(H,21,27)(H,22,24)(H,25,26)/t12-,13?,14?,15?/m1/s1. The molecule has 0 spiro atoms. The number of alkyl halides is 1. The Bertz CT molecular complexity index is 588. The van der Waals surface area contributed by atoms with Crippen molar-refractivity contribution in [3.63, 3.8) is 0 Å². The lowest BCUT2D eigenvalue weighted by Gasteiger charge is -2.40. The lowest BCUT2D eigenvalue weighted by molar-refractivity contribution is -0.137. The van der Waals surface area contributed by atoms with Gasteiger partial charge in [-0.3, -0.25) is 19.3 Å².